The van der Waals surface area contributed by atoms with Crippen LogP contribution in [-0.2, 0) is 4.79 Å². The van der Waals surface area contributed by atoms with Gasteiger partial charge >= 0.3 is 6.03 Å². The van der Waals surface area contributed by atoms with E-state index in [9.17, 15) is 9.59 Å². The minimum Gasteiger partial charge on any atom is -0.378 e. The van der Waals surface area contributed by atoms with E-state index in [4.69, 9.17) is 0 Å². The second-order valence-electron chi connectivity index (χ2n) is 8.42. The van der Waals surface area contributed by atoms with Crippen LogP contribution in [0.2, 0.25) is 0 Å². The summed E-state index contributed by atoms with van der Waals surface area (Å²) in [4.78, 5) is 40.5. The molecule has 0 spiro atoms. The lowest BCUT2D eigenvalue weighted by atomic mass is 9.92. The van der Waals surface area contributed by atoms with Gasteiger partial charge in [0, 0.05) is 50.2 Å². The Morgan fingerprint density at radius 2 is 2.16 bits per heavy atom. The van der Waals surface area contributed by atoms with Gasteiger partial charge in [0.25, 0.3) is 0 Å². The Kier molecular flexibility index (Phi) is 5.62. The highest BCUT2D eigenvalue weighted by Crippen LogP contribution is 2.28. The van der Waals surface area contributed by atoms with E-state index in [2.05, 4.69) is 30.5 Å². The summed E-state index contributed by atoms with van der Waals surface area (Å²) in [5, 5.41) is 7.06. The molecule has 3 N–H and O–H groups in total. The number of fused-ring (bicyclic) bond motifs is 1. The highest BCUT2D eigenvalue weighted by Gasteiger charge is 2.25. The molecule has 5 rings (SSSR count). The largest absolute Gasteiger partial charge is 0.378 e. The number of Topliss-reactive ketones (excluding diaryl/α,β-unsaturated/α-hetero) is 1. The minimum absolute atomic E-state index is 0.0827. The van der Waals surface area contributed by atoms with E-state index in [1.807, 2.05) is 36.5 Å². The molecule has 9 nitrogen and oxygen atoms in total. The number of hydrogen-bond acceptors (Lipinski definition) is 6. The third-order valence-electron chi connectivity index (χ3n) is 6.17. The third-order valence-corrected chi connectivity index (χ3v) is 6.17. The Bertz CT molecular complexity index is 1130. The molecule has 2 aromatic heterocycles. The van der Waals surface area contributed by atoms with Gasteiger partial charge in [-0.15, -0.1) is 0 Å². The van der Waals surface area contributed by atoms with Crippen LogP contribution in [0.5, 0.6) is 0 Å². The monoisotopic (exact) mass is 433 g/mol. The van der Waals surface area contributed by atoms with Crippen molar-refractivity contribution in [3.05, 3.63) is 42.9 Å². The molecule has 2 fully saturated rings. The van der Waals surface area contributed by atoms with Crippen molar-refractivity contribution in [1.82, 2.24) is 20.3 Å². The van der Waals surface area contributed by atoms with Gasteiger partial charge in [0.05, 0.1) is 11.9 Å². The lowest BCUT2D eigenvalue weighted by Crippen LogP contribution is -2.37. The first-order valence-corrected chi connectivity index (χ1v) is 11.1. The zero-order chi connectivity index (χ0) is 21.9. The Labute approximate surface area is 186 Å². The van der Waals surface area contributed by atoms with E-state index >= 15 is 0 Å². The lowest BCUT2D eigenvalue weighted by Gasteiger charge is -2.33. The normalized spacial score (nSPS) is 18.8. The summed E-state index contributed by atoms with van der Waals surface area (Å²) < 4.78 is 0. The average Bonchev–Trinajstić information content (AvgIpc) is 3.47. The standard InChI is InChI=1S/C23H27N7O2/c31-19(13-26-17-4-1-5-18(12-17)30-10-8-25-23(30)32)11-16-3-2-9-29(14-16)22-20-6-7-24-21(20)27-15-28-22/h1,4-7,12,15-16,26H,2-3,8-11,13-14H2,(H,25,32)(H,24,27,28). The van der Waals surface area contributed by atoms with Crippen LogP contribution < -0.4 is 20.4 Å². The summed E-state index contributed by atoms with van der Waals surface area (Å²) in [6.45, 7) is 3.35. The first kappa shape index (κ1) is 20.3. The van der Waals surface area contributed by atoms with Gasteiger partial charge in [-0.1, -0.05) is 6.07 Å². The molecule has 9 heteroatoms. The maximum absolute atomic E-state index is 12.7. The van der Waals surface area contributed by atoms with Crippen molar-refractivity contribution in [2.24, 2.45) is 5.92 Å². The number of aromatic nitrogens is 3. The lowest BCUT2D eigenvalue weighted by molar-refractivity contribution is -0.118. The summed E-state index contributed by atoms with van der Waals surface area (Å²) in [5.74, 6) is 1.44. The van der Waals surface area contributed by atoms with Gasteiger partial charge in [-0.3, -0.25) is 9.69 Å². The number of carbonyl (C=O) groups is 2. The second-order valence-corrected chi connectivity index (χ2v) is 8.42. The molecule has 3 aromatic rings. The van der Waals surface area contributed by atoms with Gasteiger partial charge in [0.2, 0.25) is 0 Å². The first-order chi connectivity index (χ1) is 15.7. The quantitative estimate of drug-likeness (QED) is 0.529. The average molecular weight is 434 g/mol. The summed E-state index contributed by atoms with van der Waals surface area (Å²) >= 11 is 0. The molecule has 4 heterocycles. The molecule has 0 saturated carbocycles. The first-order valence-electron chi connectivity index (χ1n) is 11.1. The Hall–Kier alpha value is -3.62. The molecule has 166 valence electrons. The summed E-state index contributed by atoms with van der Waals surface area (Å²) in [6, 6.07) is 9.56. The highest BCUT2D eigenvalue weighted by atomic mass is 16.2. The number of benzene rings is 1. The number of nitrogens with one attached hydrogen (secondary N) is 3. The molecular weight excluding hydrogens is 406 g/mol. The molecule has 0 bridgehead atoms. The van der Waals surface area contributed by atoms with Crippen LogP contribution in [0.3, 0.4) is 0 Å². The number of hydrogen-bond donors (Lipinski definition) is 3. The van der Waals surface area contributed by atoms with Gasteiger partial charge in [0.15, 0.2) is 5.78 Å². The molecule has 0 aliphatic carbocycles. The fourth-order valence-electron chi connectivity index (χ4n) is 4.63. The highest BCUT2D eigenvalue weighted by molar-refractivity contribution is 5.94. The van der Waals surface area contributed by atoms with Crippen LogP contribution in [0.4, 0.5) is 22.0 Å². The van der Waals surface area contributed by atoms with E-state index in [1.165, 1.54) is 0 Å². The number of carbonyl (C=O) groups excluding carboxylic acids is 2. The van der Waals surface area contributed by atoms with Gasteiger partial charge in [0.1, 0.15) is 17.8 Å². The summed E-state index contributed by atoms with van der Waals surface area (Å²) in [5.41, 5.74) is 2.52. The Morgan fingerprint density at radius 3 is 3.03 bits per heavy atom. The number of H-pyrrole nitrogens is 1. The molecule has 0 radical (unpaired) electrons. The van der Waals surface area contributed by atoms with Crippen LogP contribution in [0.1, 0.15) is 19.3 Å². The summed E-state index contributed by atoms with van der Waals surface area (Å²) in [7, 11) is 0. The Morgan fingerprint density at radius 1 is 1.22 bits per heavy atom. The smallest absolute Gasteiger partial charge is 0.321 e. The molecule has 32 heavy (non-hydrogen) atoms. The second kappa shape index (κ2) is 8.86. The number of ketones is 1. The predicted octanol–water partition coefficient (Wildman–Crippen LogP) is 2.78. The fraction of sp³-hybridized carbons (Fsp3) is 0.391. The third kappa shape index (κ3) is 4.23. The van der Waals surface area contributed by atoms with Crippen molar-refractivity contribution in [3.8, 4) is 0 Å². The van der Waals surface area contributed by atoms with Gasteiger partial charge in [-0.05, 0) is 43.0 Å². The zero-order valence-corrected chi connectivity index (χ0v) is 17.9. The van der Waals surface area contributed by atoms with Crippen molar-refractivity contribution in [2.45, 2.75) is 19.3 Å². The molecule has 2 amide bonds. The number of piperidine rings is 1. The van der Waals surface area contributed by atoms with Crippen LogP contribution >= 0.6 is 0 Å². The van der Waals surface area contributed by atoms with Crippen LogP contribution in [0.25, 0.3) is 11.0 Å². The molecule has 2 aliphatic heterocycles. The van der Waals surface area contributed by atoms with Crippen molar-refractivity contribution < 1.29 is 9.59 Å². The van der Waals surface area contributed by atoms with Gasteiger partial charge in [-0.2, -0.15) is 0 Å². The molecule has 1 atom stereocenters. The number of urea groups is 1. The van der Waals surface area contributed by atoms with Crippen molar-refractivity contribution in [3.63, 3.8) is 0 Å². The van der Waals surface area contributed by atoms with E-state index in [1.54, 1.807) is 11.2 Å². The van der Waals surface area contributed by atoms with Crippen LogP contribution in [-0.4, -0.2) is 59.5 Å². The number of amides is 2. The zero-order valence-electron chi connectivity index (χ0n) is 17.9. The Balaban J connectivity index is 1.17. The van der Waals surface area contributed by atoms with Crippen LogP contribution in [0, 0.1) is 5.92 Å². The minimum atomic E-state index is -0.0827. The summed E-state index contributed by atoms with van der Waals surface area (Å²) in [6.07, 6.45) is 6.10. The fourth-order valence-corrected chi connectivity index (χ4v) is 4.63. The number of anilines is 3. The molecule has 2 saturated heterocycles. The van der Waals surface area contributed by atoms with E-state index < -0.39 is 0 Å². The maximum atomic E-state index is 12.7. The number of rotatable bonds is 7. The molecule has 1 unspecified atom stereocenters. The number of aromatic amines is 1. The van der Waals surface area contributed by atoms with E-state index in [0.29, 0.717) is 25.4 Å². The molecule has 2 aliphatic rings. The van der Waals surface area contributed by atoms with Crippen molar-refractivity contribution >= 4 is 40.0 Å². The molecular formula is C23H27N7O2. The van der Waals surface area contributed by atoms with Crippen molar-refractivity contribution in [2.75, 3.05) is 47.8 Å². The molecule has 1 aromatic carbocycles. The topological polar surface area (TPSA) is 106 Å². The van der Waals surface area contributed by atoms with Gasteiger partial charge < -0.3 is 20.5 Å². The van der Waals surface area contributed by atoms with Crippen LogP contribution in [0.15, 0.2) is 42.9 Å². The SMILES string of the molecule is O=C(CNc1cccc(N2CCNC2=O)c1)CC1CCCN(c2ncnc3[nH]ccc23)C1. The van der Waals surface area contributed by atoms with Crippen molar-refractivity contribution in [1.29, 1.82) is 0 Å². The van der Waals surface area contributed by atoms with E-state index in [0.717, 1.165) is 54.2 Å². The maximum Gasteiger partial charge on any atom is 0.321 e. The number of nitrogens with zero attached hydrogens (tertiary/aromatic N) is 4. The van der Waals surface area contributed by atoms with E-state index in [-0.39, 0.29) is 18.4 Å². The van der Waals surface area contributed by atoms with Gasteiger partial charge in [-0.25, -0.2) is 14.8 Å². The predicted molar refractivity (Wildman–Crippen MR) is 124 cm³/mol.